The Hall–Kier alpha value is -3.47. The van der Waals surface area contributed by atoms with Crippen LogP contribution < -0.4 is 4.90 Å². The number of amides is 1. The van der Waals surface area contributed by atoms with E-state index in [1.54, 1.807) is 13.0 Å². The van der Waals surface area contributed by atoms with Gasteiger partial charge in [-0.2, -0.15) is 26.3 Å². The lowest BCUT2D eigenvalue weighted by Gasteiger charge is -2.33. The first kappa shape index (κ1) is 32.4. The smallest absolute Gasteiger partial charge is 0.390 e. The van der Waals surface area contributed by atoms with Crippen molar-refractivity contribution in [2.45, 2.75) is 76.7 Å². The summed E-state index contributed by atoms with van der Waals surface area (Å²) in [6.07, 6.45) is -4.62. The minimum atomic E-state index is -5.09. The van der Waals surface area contributed by atoms with E-state index < -0.39 is 52.8 Å². The molecule has 0 aliphatic heterocycles. The number of aliphatic hydroxyl groups is 1. The Morgan fingerprint density at radius 1 is 0.907 bits per heavy atom. The van der Waals surface area contributed by atoms with Crippen LogP contribution in [0.5, 0.6) is 0 Å². The van der Waals surface area contributed by atoms with Crippen LogP contribution in [0.25, 0.3) is 11.1 Å². The van der Waals surface area contributed by atoms with Crippen molar-refractivity contribution < 1.29 is 40.6 Å². The second-order valence-corrected chi connectivity index (χ2v) is 11.4. The molecule has 3 aromatic rings. The Balaban J connectivity index is 1.90. The molecule has 1 aliphatic carbocycles. The van der Waals surface area contributed by atoms with Crippen molar-refractivity contribution in [2.24, 2.45) is 0 Å². The van der Waals surface area contributed by atoms with Crippen molar-refractivity contribution in [3.05, 3.63) is 88.3 Å². The van der Waals surface area contributed by atoms with E-state index in [1.807, 2.05) is 0 Å². The molecule has 43 heavy (non-hydrogen) atoms. The summed E-state index contributed by atoms with van der Waals surface area (Å²) in [5.41, 5.74) is -3.03. The molecule has 231 valence electrons. The van der Waals surface area contributed by atoms with Gasteiger partial charge in [0.25, 0.3) is 0 Å². The van der Waals surface area contributed by atoms with E-state index in [9.17, 15) is 40.6 Å². The van der Waals surface area contributed by atoms with Crippen molar-refractivity contribution in [3.8, 4) is 11.1 Å². The summed E-state index contributed by atoms with van der Waals surface area (Å²) in [4.78, 5) is 19.8. The van der Waals surface area contributed by atoms with Gasteiger partial charge in [-0.3, -0.25) is 9.78 Å². The highest BCUT2D eigenvalue weighted by molar-refractivity contribution is 6.04. The van der Waals surface area contributed by atoms with Crippen LogP contribution in [0.2, 0.25) is 0 Å². The molecule has 1 aliphatic rings. The van der Waals surface area contributed by atoms with Crippen LogP contribution >= 0.6 is 0 Å². The molecule has 1 N–H and O–H groups in total. The summed E-state index contributed by atoms with van der Waals surface area (Å²) >= 11 is 0. The molecule has 0 spiro atoms. The predicted octanol–water partition coefficient (Wildman–Crippen LogP) is 8.53. The lowest BCUT2D eigenvalue weighted by Crippen LogP contribution is -2.42. The van der Waals surface area contributed by atoms with E-state index in [4.69, 9.17) is 0 Å². The van der Waals surface area contributed by atoms with Gasteiger partial charge in [0, 0.05) is 24.2 Å². The standard InChI is InChI=1S/C32H32F7N2O2/c1-18-12-23(33)10-11-24(18)25-16-26(19-8-6-5-7-9-19)40-27(17-42)28(25)41(4)29(43)30(2,3)20-13-21(31(34,35)36)15-22(14-20)32(37,38)39/h5,10-16,19,42H,6-9,17H2,1-4H3. The highest BCUT2D eigenvalue weighted by atomic mass is 19.4. The molecule has 1 heterocycles. The summed E-state index contributed by atoms with van der Waals surface area (Å²) in [5.74, 6) is -1.26. The maximum Gasteiger partial charge on any atom is 0.416 e. The summed E-state index contributed by atoms with van der Waals surface area (Å²) in [5, 5.41) is 10.4. The molecular weight excluding hydrogens is 577 g/mol. The Bertz CT molecular complexity index is 1470. The zero-order valence-electron chi connectivity index (χ0n) is 24.1. The molecule has 2 aromatic carbocycles. The van der Waals surface area contributed by atoms with Crippen molar-refractivity contribution in [1.29, 1.82) is 0 Å². The number of likely N-dealkylation sites (N-methyl/N-ethyl adjacent to an activating group) is 1. The van der Waals surface area contributed by atoms with Crippen molar-refractivity contribution >= 4 is 11.6 Å². The monoisotopic (exact) mass is 609 g/mol. The minimum absolute atomic E-state index is 0.0126. The van der Waals surface area contributed by atoms with Gasteiger partial charge in [0.05, 0.1) is 34.5 Å². The molecule has 0 atom stereocenters. The fraction of sp³-hybridized carbons (Fsp3) is 0.406. The van der Waals surface area contributed by atoms with Crippen LogP contribution in [0, 0.1) is 19.2 Å². The number of carbonyl (C=O) groups excluding carboxylic acids is 1. The average Bonchev–Trinajstić information content (AvgIpc) is 2.95. The number of pyridine rings is 1. The number of benzene rings is 2. The van der Waals surface area contributed by atoms with Gasteiger partial charge in [0.1, 0.15) is 5.82 Å². The van der Waals surface area contributed by atoms with Gasteiger partial charge in [-0.1, -0.05) is 6.07 Å². The number of hydrogen-bond donors (Lipinski definition) is 1. The fourth-order valence-corrected chi connectivity index (χ4v) is 5.62. The molecule has 0 saturated heterocycles. The number of aromatic nitrogens is 1. The molecule has 1 radical (unpaired) electrons. The van der Waals surface area contributed by atoms with E-state index in [-0.39, 0.29) is 23.4 Å². The largest absolute Gasteiger partial charge is 0.416 e. The second kappa shape index (κ2) is 11.9. The lowest BCUT2D eigenvalue weighted by molar-refractivity contribution is -0.143. The molecular formula is C32H32F7N2O2. The van der Waals surface area contributed by atoms with Crippen LogP contribution in [0.1, 0.15) is 79.1 Å². The van der Waals surface area contributed by atoms with E-state index in [2.05, 4.69) is 11.4 Å². The number of rotatable bonds is 6. The van der Waals surface area contributed by atoms with Gasteiger partial charge >= 0.3 is 12.4 Å². The summed E-state index contributed by atoms with van der Waals surface area (Å²) in [6, 6.07) is 6.94. The third-order valence-corrected chi connectivity index (χ3v) is 8.05. The zero-order chi connectivity index (χ0) is 31.9. The van der Waals surface area contributed by atoms with Crippen molar-refractivity contribution in [1.82, 2.24) is 4.98 Å². The molecule has 1 aromatic heterocycles. The first-order chi connectivity index (χ1) is 19.9. The number of anilines is 1. The first-order valence-electron chi connectivity index (χ1n) is 13.8. The lowest BCUT2D eigenvalue weighted by atomic mass is 9.81. The minimum Gasteiger partial charge on any atom is -0.390 e. The van der Waals surface area contributed by atoms with Crippen molar-refractivity contribution in [2.75, 3.05) is 11.9 Å². The number of halogens is 7. The van der Waals surface area contributed by atoms with Crippen LogP contribution in [0.4, 0.5) is 36.4 Å². The fourth-order valence-electron chi connectivity index (χ4n) is 5.62. The number of alkyl halides is 6. The van der Waals surface area contributed by atoms with Crippen LogP contribution in [0.15, 0.2) is 42.5 Å². The highest BCUT2D eigenvalue weighted by Crippen LogP contribution is 2.43. The molecule has 1 amide bonds. The average molecular weight is 610 g/mol. The topological polar surface area (TPSA) is 53.4 Å². The Morgan fingerprint density at radius 2 is 1.47 bits per heavy atom. The summed E-state index contributed by atoms with van der Waals surface area (Å²) in [7, 11) is 1.33. The molecule has 4 rings (SSSR count). The van der Waals surface area contributed by atoms with E-state index in [1.165, 1.54) is 39.1 Å². The first-order valence-corrected chi connectivity index (χ1v) is 13.8. The van der Waals surface area contributed by atoms with Crippen LogP contribution in [0.3, 0.4) is 0 Å². The van der Waals surface area contributed by atoms with Gasteiger partial charge in [-0.15, -0.1) is 0 Å². The summed E-state index contributed by atoms with van der Waals surface area (Å²) < 4.78 is 95.8. The maximum atomic E-state index is 14.1. The van der Waals surface area contributed by atoms with E-state index in [0.29, 0.717) is 34.5 Å². The zero-order valence-corrected chi connectivity index (χ0v) is 24.1. The van der Waals surface area contributed by atoms with E-state index >= 15 is 0 Å². The Morgan fingerprint density at radius 3 is 1.98 bits per heavy atom. The van der Waals surface area contributed by atoms with E-state index in [0.717, 1.165) is 30.6 Å². The van der Waals surface area contributed by atoms with Crippen LogP contribution in [-0.2, 0) is 29.2 Å². The van der Waals surface area contributed by atoms with Crippen molar-refractivity contribution in [3.63, 3.8) is 0 Å². The summed E-state index contributed by atoms with van der Waals surface area (Å²) in [6.45, 7) is 3.55. The molecule has 1 saturated carbocycles. The molecule has 1 fully saturated rings. The number of nitrogens with zero attached hydrogens (tertiary/aromatic N) is 2. The SMILES string of the molecule is Cc1cc(F)ccc1-c1cc(C2CC[CH]CC2)nc(CO)c1N(C)C(=O)C(C)(C)c1cc(C(F)(F)F)cc(C(F)(F)F)c1. The highest BCUT2D eigenvalue weighted by Gasteiger charge is 2.41. The molecule has 0 unspecified atom stereocenters. The number of aliphatic hydroxyl groups excluding tert-OH is 1. The third-order valence-electron chi connectivity index (χ3n) is 8.05. The van der Waals surface area contributed by atoms with Gasteiger partial charge < -0.3 is 10.0 Å². The molecule has 11 heteroatoms. The van der Waals surface area contributed by atoms with Gasteiger partial charge in [0.2, 0.25) is 5.91 Å². The number of carbonyl (C=O) groups is 1. The normalized spacial score (nSPS) is 15.1. The Labute approximate surface area is 245 Å². The number of hydrogen-bond acceptors (Lipinski definition) is 3. The van der Waals surface area contributed by atoms with Gasteiger partial charge in [0.15, 0.2) is 0 Å². The predicted molar refractivity (Wildman–Crippen MR) is 149 cm³/mol. The Kier molecular flexibility index (Phi) is 8.98. The maximum absolute atomic E-state index is 14.1. The third kappa shape index (κ3) is 6.71. The quantitative estimate of drug-likeness (QED) is 0.285. The molecule has 0 bridgehead atoms. The molecule has 4 nitrogen and oxygen atoms in total. The van der Waals surface area contributed by atoms with Gasteiger partial charge in [-0.05, 0) is 106 Å². The van der Waals surface area contributed by atoms with Crippen LogP contribution in [-0.4, -0.2) is 23.0 Å². The second-order valence-electron chi connectivity index (χ2n) is 11.4. The number of aryl methyl sites for hydroxylation is 1. The van der Waals surface area contributed by atoms with Gasteiger partial charge in [-0.25, -0.2) is 4.39 Å².